The van der Waals surface area contributed by atoms with Gasteiger partial charge in [-0.15, -0.1) is 0 Å². The lowest BCUT2D eigenvalue weighted by Gasteiger charge is -2.37. The van der Waals surface area contributed by atoms with Crippen molar-refractivity contribution in [3.8, 4) is 0 Å². The van der Waals surface area contributed by atoms with Gasteiger partial charge in [0.2, 0.25) is 11.8 Å². The van der Waals surface area contributed by atoms with Crippen LogP contribution in [-0.2, 0) is 16.1 Å². The van der Waals surface area contributed by atoms with Crippen LogP contribution in [0.3, 0.4) is 0 Å². The van der Waals surface area contributed by atoms with Gasteiger partial charge in [-0.3, -0.25) is 24.5 Å². The van der Waals surface area contributed by atoms with E-state index in [0.29, 0.717) is 48.5 Å². The van der Waals surface area contributed by atoms with Crippen molar-refractivity contribution in [2.75, 3.05) is 81.1 Å². The Bertz CT molecular complexity index is 2140. The zero-order chi connectivity index (χ0) is 40.8. The highest BCUT2D eigenvalue weighted by Crippen LogP contribution is 2.35. The van der Waals surface area contributed by atoms with Gasteiger partial charge in [-0.1, -0.05) is 12.1 Å². The number of primary amides is 1. The van der Waals surface area contributed by atoms with Crippen LogP contribution in [0.5, 0.6) is 0 Å². The van der Waals surface area contributed by atoms with Gasteiger partial charge in [-0.05, 0) is 105 Å². The topological polar surface area (TPSA) is 181 Å². The summed E-state index contributed by atoms with van der Waals surface area (Å²) in [5.41, 5.74) is 10.6. The number of amides is 6. The number of nitrogens with zero attached hydrogens (tertiary/aromatic N) is 8. The number of likely N-dealkylation sites (tertiary alicyclic amines) is 1. The first kappa shape index (κ1) is 38.7. The van der Waals surface area contributed by atoms with Gasteiger partial charge in [-0.25, -0.2) is 14.8 Å². The van der Waals surface area contributed by atoms with Gasteiger partial charge in [0.05, 0.1) is 12.2 Å². The van der Waals surface area contributed by atoms with Crippen molar-refractivity contribution >= 4 is 52.7 Å². The molecule has 3 atom stereocenters. The standard InChI is InChI=1S/C43H53N11O5/c1-49-19-20-53(43(49)59)33-3-2-15-52(26-33)36-22-45-38(39(44)56)40(47-36)46-31-6-4-28(5-7-31)29-13-16-50(17-14-29)23-27-12-18-51(24-27)32-8-9-34-30(21-32)25-54(42(34)58)35-10-11-37(55)48-41(35)57/h4-9,21-22,27,29,33,35H,2-3,10-20,23-26H2,1H3,(H2,44,56)(H,46,47)(H,48,55,57)/t27?,33-,35?/m1/s1. The molecule has 2 aromatic carbocycles. The fourth-order valence-corrected chi connectivity index (χ4v) is 9.99. The Kier molecular flexibility index (Phi) is 10.6. The van der Waals surface area contributed by atoms with E-state index < -0.39 is 11.9 Å². The second-order valence-corrected chi connectivity index (χ2v) is 17.1. The molecule has 16 heteroatoms. The number of nitrogens with one attached hydrogen (secondary N) is 2. The Morgan fingerprint density at radius 3 is 2.44 bits per heavy atom. The molecule has 0 spiro atoms. The van der Waals surface area contributed by atoms with Crippen LogP contribution in [-0.4, -0.2) is 137 Å². The Morgan fingerprint density at radius 1 is 0.881 bits per heavy atom. The lowest BCUT2D eigenvalue weighted by Crippen LogP contribution is -2.52. The average molecular weight is 804 g/mol. The number of carbonyl (C=O) groups is 5. The quantitative estimate of drug-likeness (QED) is 0.257. The van der Waals surface area contributed by atoms with Crippen molar-refractivity contribution in [3.05, 3.63) is 71.0 Å². The van der Waals surface area contributed by atoms with Crippen LogP contribution in [0, 0.1) is 5.92 Å². The second kappa shape index (κ2) is 16.1. The summed E-state index contributed by atoms with van der Waals surface area (Å²) in [5, 5.41) is 5.69. The fourth-order valence-electron chi connectivity index (χ4n) is 9.99. The Morgan fingerprint density at radius 2 is 1.69 bits per heavy atom. The summed E-state index contributed by atoms with van der Waals surface area (Å²) in [6.07, 6.45) is 7.37. The molecule has 7 heterocycles. The van der Waals surface area contributed by atoms with Crippen molar-refractivity contribution in [3.63, 3.8) is 0 Å². The number of urea groups is 1. The molecule has 59 heavy (non-hydrogen) atoms. The van der Waals surface area contributed by atoms with E-state index >= 15 is 0 Å². The van der Waals surface area contributed by atoms with E-state index in [1.54, 1.807) is 16.0 Å². The molecule has 0 radical (unpaired) electrons. The van der Waals surface area contributed by atoms with Crippen molar-refractivity contribution in [1.29, 1.82) is 0 Å². The highest BCUT2D eigenvalue weighted by Gasteiger charge is 2.40. The zero-order valence-corrected chi connectivity index (χ0v) is 33.6. The molecule has 1 aromatic heterocycles. The highest BCUT2D eigenvalue weighted by atomic mass is 16.2. The maximum atomic E-state index is 13.2. The summed E-state index contributed by atoms with van der Waals surface area (Å²) in [6.45, 7) is 8.39. The number of likely N-dealkylation sites (N-methyl/N-ethyl adjacent to an activating group) is 1. The Labute approximate surface area is 344 Å². The van der Waals surface area contributed by atoms with Crippen LogP contribution < -0.4 is 26.2 Å². The summed E-state index contributed by atoms with van der Waals surface area (Å²) < 4.78 is 0. The molecule has 310 valence electrons. The molecular weight excluding hydrogens is 751 g/mol. The molecule has 6 amide bonds. The smallest absolute Gasteiger partial charge is 0.320 e. The first-order valence-electron chi connectivity index (χ1n) is 21.1. The molecule has 9 rings (SSSR count). The predicted octanol–water partition coefficient (Wildman–Crippen LogP) is 3.12. The molecule has 0 bridgehead atoms. The molecule has 0 aliphatic carbocycles. The maximum Gasteiger partial charge on any atom is 0.320 e. The van der Waals surface area contributed by atoms with Gasteiger partial charge in [0.15, 0.2) is 11.5 Å². The SMILES string of the molecule is CN1CCN([C@@H]2CCCN(c3cnc(C(N)=O)c(Nc4ccc(C5CCN(CC6CCN(c7ccc8c(c7)CN(C7CCC(=O)NC7=O)C8=O)C6)CC5)cc4)n3)C2)C1=O. The average Bonchev–Trinajstić information content (AvgIpc) is 3.94. The third-order valence-electron chi connectivity index (χ3n) is 13.3. The molecule has 0 saturated carbocycles. The zero-order valence-electron chi connectivity index (χ0n) is 33.6. The molecule has 4 N–H and O–H groups in total. The molecule has 16 nitrogen and oxygen atoms in total. The molecule has 5 saturated heterocycles. The molecule has 6 aliphatic heterocycles. The van der Waals surface area contributed by atoms with Gasteiger partial charge in [0, 0.05) is 82.8 Å². The molecule has 5 fully saturated rings. The summed E-state index contributed by atoms with van der Waals surface area (Å²) >= 11 is 0. The van der Waals surface area contributed by atoms with Crippen LogP contribution in [0.25, 0.3) is 0 Å². The van der Waals surface area contributed by atoms with Crippen molar-refractivity contribution < 1.29 is 24.0 Å². The number of nitrogens with two attached hydrogens (primary N) is 1. The largest absolute Gasteiger partial charge is 0.371 e. The van der Waals surface area contributed by atoms with Crippen molar-refractivity contribution in [2.24, 2.45) is 11.7 Å². The maximum absolute atomic E-state index is 13.2. The van der Waals surface area contributed by atoms with Crippen LogP contribution in [0.4, 0.5) is 27.8 Å². The van der Waals surface area contributed by atoms with Crippen LogP contribution in [0.2, 0.25) is 0 Å². The number of imide groups is 1. The van der Waals surface area contributed by atoms with E-state index in [1.807, 2.05) is 36.2 Å². The summed E-state index contributed by atoms with van der Waals surface area (Å²) in [7, 11) is 1.84. The van der Waals surface area contributed by atoms with E-state index in [9.17, 15) is 24.0 Å². The summed E-state index contributed by atoms with van der Waals surface area (Å²) in [6, 6.07) is 14.0. The molecule has 3 aromatic rings. The summed E-state index contributed by atoms with van der Waals surface area (Å²) in [4.78, 5) is 84.1. The first-order valence-corrected chi connectivity index (χ1v) is 21.1. The van der Waals surface area contributed by atoms with Gasteiger partial charge < -0.3 is 40.4 Å². The minimum absolute atomic E-state index is 0.0677. The van der Waals surface area contributed by atoms with E-state index in [2.05, 4.69) is 48.5 Å². The van der Waals surface area contributed by atoms with E-state index in [0.717, 1.165) is 101 Å². The summed E-state index contributed by atoms with van der Waals surface area (Å²) in [5.74, 6) is 0.546. The highest BCUT2D eigenvalue weighted by molar-refractivity contribution is 6.05. The third kappa shape index (κ3) is 7.89. The number of rotatable bonds is 10. The third-order valence-corrected chi connectivity index (χ3v) is 13.3. The van der Waals surface area contributed by atoms with Crippen LogP contribution in [0.15, 0.2) is 48.7 Å². The number of aromatic nitrogens is 2. The number of piperidine rings is 3. The molecular formula is C43H53N11O5. The normalized spacial score (nSPS) is 24.3. The number of anilines is 4. The second-order valence-electron chi connectivity index (χ2n) is 17.1. The van der Waals surface area contributed by atoms with Crippen LogP contribution in [0.1, 0.15) is 82.8 Å². The van der Waals surface area contributed by atoms with Crippen LogP contribution >= 0.6 is 0 Å². The fraction of sp³-hybridized carbons (Fsp3) is 0.512. The number of carbonyl (C=O) groups excluding carboxylic acids is 5. The lowest BCUT2D eigenvalue weighted by atomic mass is 9.89. The number of hydrogen-bond donors (Lipinski definition) is 3. The van der Waals surface area contributed by atoms with Crippen molar-refractivity contribution in [2.45, 2.75) is 69.5 Å². The van der Waals surface area contributed by atoms with Gasteiger partial charge in [0.1, 0.15) is 11.9 Å². The Balaban J connectivity index is 0.764. The molecule has 6 aliphatic rings. The lowest BCUT2D eigenvalue weighted by molar-refractivity contribution is -0.136. The minimum Gasteiger partial charge on any atom is -0.371 e. The van der Waals surface area contributed by atoms with E-state index in [-0.39, 0.29) is 41.9 Å². The number of fused-ring (bicyclic) bond motifs is 1. The molecule has 2 unspecified atom stereocenters. The Hall–Kier alpha value is -5.77. The minimum atomic E-state index is -0.650. The monoisotopic (exact) mass is 803 g/mol. The van der Waals surface area contributed by atoms with Crippen molar-refractivity contribution in [1.82, 2.24) is 34.9 Å². The first-order chi connectivity index (χ1) is 28.6. The predicted molar refractivity (Wildman–Crippen MR) is 221 cm³/mol. The van der Waals surface area contributed by atoms with Gasteiger partial charge in [-0.2, -0.15) is 0 Å². The van der Waals surface area contributed by atoms with Gasteiger partial charge in [0.25, 0.3) is 11.8 Å². The number of hydrogen-bond acceptors (Lipinski definition) is 11. The van der Waals surface area contributed by atoms with E-state index in [1.165, 1.54) is 5.56 Å². The number of benzene rings is 2. The van der Waals surface area contributed by atoms with Gasteiger partial charge >= 0.3 is 6.03 Å². The van der Waals surface area contributed by atoms with E-state index in [4.69, 9.17) is 10.7 Å².